The quantitative estimate of drug-likeness (QED) is 0.814. The van der Waals surface area contributed by atoms with Crippen LogP contribution in [0.4, 0.5) is 0 Å². The van der Waals surface area contributed by atoms with E-state index in [0.29, 0.717) is 17.4 Å². The van der Waals surface area contributed by atoms with E-state index in [0.717, 1.165) is 37.7 Å². The lowest BCUT2D eigenvalue weighted by atomic mass is 9.67. The summed E-state index contributed by atoms with van der Waals surface area (Å²) in [7, 11) is -3.42. The smallest absolute Gasteiger partial charge is 0.207 e. The van der Waals surface area contributed by atoms with E-state index in [1.807, 2.05) is 29.4 Å². The Labute approximate surface area is 150 Å². The van der Waals surface area contributed by atoms with Crippen molar-refractivity contribution in [3.8, 4) is 0 Å². The molecule has 25 heavy (non-hydrogen) atoms. The van der Waals surface area contributed by atoms with E-state index in [-0.39, 0.29) is 5.54 Å². The first-order valence-corrected chi connectivity index (χ1v) is 10.6. The highest BCUT2D eigenvalue weighted by Crippen LogP contribution is 2.50. The number of aryl methyl sites for hydroxylation is 1. The van der Waals surface area contributed by atoms with Crippen LogP contribution < -0.4 is 0 Å². The first kappa shape index (κ1) is 16.8. The van der Waals surface area contributed by atoms with Gasteiger partial charge >= 0.3 is 0 Å². The normalized spacial score (nSPS) is 23.3. The Morgan fingerprint density at radius 1 is 1.00 bits per heavy atom. The van der Waals surface area contributed by atoms with Crippen LogP contribution in [0, 0.1) is 6.92 Å². The molecule has 3 nitrogen and oxygen atoms in total. The summed E-state index contributed by atoms with van der Waals surface area (Å²) < 4.78 is 28.4. The van der Waals surface area contributed by atoms with Crippen LogP contribution in [0.1, 0.15) is 49.1 Å². The molecular weight excluding hydrogens is 330 g/mol. The summed E-state index contributed by atoms with van der Waals surface area (Å²) in [6.45, 7) is 2.60. The number of benzene rings is 2. The maximum Gasteiger partial charge on any atom is 0.243 e. The summed E-state index contributed by atoms with van der Waals surface area (Å²) in [6.07, 6.45) is 4.95. The van der Waals surface area contributed by atoms with E-state index in [1.54, 1.807) is 12.1 Å². The van der Waals surface area contributed by atoms with Crippen LogP contribution in [0.5, 0.6) is 0 Å². The molecule has 0 N–H and O–H groups in total. The van der Waals surface area contributed by atoms with E-state index in [2.05, 4.69) is 24.3 Å². The Hall–Kier alpha value is -1.65. The number of hydrogen-bond donors (Lipinski definition) is 0. The van der Waals surface area contributed by atoms with Crippen LogP contribution in [-0.2, 0) is 10.0 Å². The van der Waals surface area contributed by atoms with Crippen LogP contribution in [0.2, 0.25) is 0 Å². The van der Waals surface area contributed by atoms with E-state index in [1.165, 1.54) is 5.56 Å². The van der Waals surface area contributed by atoms with Crippen molar-refractivity contribution in [2.75, 3.05) is 6.54 Å². The number of piperidine rings is 1. The first-order valence-electron chi connectivity index (χ1n) is 9.16. The summed E-state index contributed by atoms with van der Waals surface area (Å²) in [5.41, 5.74) is 2.25. The molecule has 2 fully saturated rings. The van der Waals surface area contributed by atoms with Gasteiger partial charge in [0.25, 0.3) is 0 Å². The van der Waals surface area contributed by atoms with Gasteiger partial charge in [0.05, 0.1) is 4.90 Å². The Bertz CT molecular complexity index is 839. The molecule has 0 amide bonds. The molecule has 1 saturated carbocycles. The molecular formula is C21H25NO2S. The molecule has 0 aromatic heterocycles. The number of sulfonamides is 1. The highest BCUT2D eigenvalue weighted by molar-refractivity contribution is 7.89. The Morgan fingerprint density at radius 3 is 2.28 bits per heavy atom. The van der Waals surface area contributed by atoms with Gasteiger partial charge in [0.1, 0.15) is 0 Å². The highest BCUT2D eigenvalue weighted by atomic mass is 32.2. The topological polar surface area (TPSA) is 37.4 Å². The molecule has 0 bridgehead atoms. The zero-order chi connectivity index (χ0) is 17.5. The minimum absolute atomic E-state index is 0.178. The van der Waals surface area contributed by atoms with Gasteiger partial charge in [-0.15, -0.1) is 0 Å². The van der Waals surface area contributed by atoms with Gasteiger partial charge in [0.2, 0.25) is 10.0 Å². The van der Waals surface area contributed by atoms with Crippen molar-refractivity contribution in [1.29, 1.82) is 0 Å². The Balaban J connectivity index is 1.64. The van der Waals surface area contributed by atoms with Gasteiger partial charge in [0.15, 0.2) is 0 Å². The lowest BCUT2D eigenvalue weighted by Crippen LogP contribution is -2.59. The van der Waals surface area contributed by atoms with Crippen molar-refractivity contribution < 1.29 is 8.42 Å². The van der Waals surface area contributed by atoms with Crippen LogP contribution in [0.25, 0.3) is 0 Å². The lowest BCUT2D eigenvalue weighted by molar-refractivity contribution is 0.0398. The third-order valence-corrected chi connectivity index (χ3v) is 8.02. The number of nitrogens with zero attached hydrogens (tertiary/aromatic N) is 1. The Kier molecular flexibility index (Phi) is 4.20. The molecule has 132 valence electrons. The summed E-state index contributed by atoms with van der Waals surface area (Å²) in [5.74, 6) is 0.464. The number of rotatable bonds is 3. The molecule has 4 rings (SSSR count). The minimum Gasteiger partial charge on any atom is -0.207 e. The van der Waals surface area contributed by atoms with Crippen molar-refractivity contribution in [1.82, 2.24) is 4.31 Å². The zero-order valence-electron chi connectivity index (χ0n) is 14.7. The molecule has 1 saturated heterocycles. The molecule has 4 heteroatoms. The van der Waals surface area contributed by atoms with Crippen LogP contribution in [0.3, 0.4) is 0 Å². The van der Waals surface area contributed by atoms with Crippen molar-refractivity contribution in [3.63, 3.8) is 0 Å². The van der Waals surface area contributed by atoms with E-state index < -0.39 is 10.0 Å². The number of hydrogen-bond acceptors (Lipinski definition) is 2. The van der Waals surface area contributed by atoms with Crippen LogP contribution in [-0.4, -0.2) is 24.8 Å². The third-order valence-electron chi connectivity index (χ3n) is 6.00. The second-order valence-electron chi connectivity index (χ2n) is 7.57. The van der Waals surface area contributed by atoms with Gasteiger partial charge in [0, 0.05) is 12.1 Å². The second-order valence-corrected chi connectivity index (χ2v) is 9.43. The molecule has 2 aromatic rings. The fraction of sp³-hybridized carbons (Fsp3) is 0.429. The summed E-state index contributed by atoms with van der Waals surface area (Å²) in [6, 6.07) is 17.8. The predicted octanol–water partition coefficient (Wildman–Crippen LogP) is 4.49. The van der Waals surface area contributed by atoms with Gasteiger partial charge < -0.3 is 0 Å². The molecule has 1 heterocycles. The van der Waals surface area contributed by atoms with Gasteiger partial charge in [-0.3, -0.25) is 0 Å². The monoisotopic (exact) mass is 355 g/mol. The highest BCUT2D eigenvalue weighted by Gasteiger charge is 2.51. The summed E-state index contributed by atoms with van der Waals surface area (Å²) in [4.78, 5) is 0.433. The summed E-state index contributed by atoms with van der Waals surface area (Å²) in [5, 5.41) is 0. The minimum atomic E-state index is -3.42. The molecule has 2 aliphatic rings. The summed E-state index contributed by atoms with van der Waals surface area (Å²) >= 11 is 0. The van der Waals surface area contributed by atoms with E-state index >= 15 is 0 Å². The molecule has 2 aromatic carbocycles. The van der Waals surface area contributed by atoms with E-state index in [4.69, 9.17) is 0 Å². The largest absolute Gasteiger partial charge is 0.243 e. The molecule has 1 aliphatic carbocycles. The molecule has 1 spiro atoms. The van der Waals surface area contributed by atoms with Crippen molar-refractivity contribution in [2.24, 2.45) is 0 Å². The molecule has 0 radical (unpaired) electrons. The Morgan fingerprint density at radius 2 is 1.68 bits per heavy atom. The maximum atomic E-state index is 13.3. The standard InChI is InChI=1S/C21H25NO2S/c1-17-8-10-20(11-9-17)25(23,24)22-15-12-19(16-21(22)13-5-14-21)18-6-3-2-4-7-18/h2-4,6-11,19H,5,12-16H2,1H3. The maximum absolute atomic E-state index is 13.3. The second kappa shape index (κ2) is 6.26. The van der Waals surface area contributed by atoms with Gasteiger partial charge in [-0.05, 0) is 62.6 Å². The lowest BCUT2D eigenvalue weighted by Gasteiger charge is -2.54. The van der Waals surface area contributed by atoms with Crippen molar-refractivity contribution >= 4 is 10.0 Å². The average molecular weight is 356 g/mol. The molecule has 1 unspecified atom stereocenters. The SMILES string of the molecule is Cc1ccc(S(=O)(=O)N2CCC(c3ccccc3)CC23CCC3)cc1. The average Bonchev–Trinajstić information content (AvgIpc) is 2.61. The predicted molar refractivity (Wildman–Crippen MR) is 100 cm³/mol. The van der Waals surface area contributed by atoms with Gasteiger partial charge in [-0.2, -0.15) is 4.31 Å². The van der Waals surface area contributed by atoms with Gasteiger partial charge in [-0.1, -0.05) is 48.0 Å². The van der Waals surface area contributed by atoms with E-state index in [9.17, 15) is 8.42 Å². The zero-order valence-corrected chi connectivity index (χ0v) is 15.5. The molecule has 1 aliphatic heterocycles. The van der Waals surface area contributed by atoms with Crippen molar-refractivity contribution in [2.45, 2.75) is 55.4 Å². The van der Waals surface area contributed by atoms with Crippen LogP contribution >= 0.6 is 0 Å². The van der Waals surface area contributed by atoms with Crippen molar-refractivity contribution in [3.05, 3.63) is 65.7 Å². The fourth-order valence-corrected chi connectivity index (χ4v) is 6.28. The fourth-order valence-electron chi connectivity index (χ4n) is 4.43. The first-order chi connectivity index (χ1) is 12.0. The molecule has 1 atom stereocenters. The van der Waals surface area contributed by atoms with Gasteiger partial charge in [-0.25, -0.2) is 8.42 Å². The third kappa shape index (κ3) is 2.91. The van der Waals surface area contributed by atoms with Crippen LogP contribution in [0.15, 0.2) is 59.5 Å².